The molecule has 15 heavy (non-hydrogen) atoms. The first-order valence-electron chi connectivity index (χ1n) is 5.52. The second-order valence-electron chi connectivity index (χ2n) is 3.99. The van der Waals surface area contributed by atoms with Gasteiger partial charge >= 0.3 is 0 Å². The van der Waals surface area contributed by atoms with Crippen LogP contribution >= 0.6 is 0 Å². The molecule has 1 heterocycles. The number of rotatable bonds is 0. The first kappa shape index (κ1) is 12.4. The predicted molar refractivity (Wildman–Crippen MR) is 58.5 cm³/mol. The maximum Gasteiger partial charge on any atom is 0.171 e. The number of hydrogen-bond donors (Lipinski definition) is 0. The quantitative estimate of drug-likeness (QED) is 0.578. The van der Waals surface area contributed by atoms with E-state index in [1.165, 1.54) is 0 Å². The SMILES string of the molecule is C=C.CC1CCC(=O)CCC12OCCO2. The smallest absolute Gasteiger partial charge is 0.171 e. The van der Waals surface area contributed by atoms with E-state index < -0.39 is 5.79 Å². The van der Waals surface area contributed by atoms with Crippen molar-refractivity contribution in [3.8, 4) is 0 Å². The van der Waals surface area contributed by atoms with Gasteiger partial charge in [0.15, 0.2) is 5.79 Å². The van der Waals surface area contributed by atoms with Gasteiger partial charge in [-0.25, -0.2) is 0 Å². The summed E-state index contributed by atoms with van der Waals surface area (Å²) in [6.45, 7) is 9.47. The molecule has 1 atom stereocenters. The van der Waals surface area contributed by atoms with Gasteiger partial charge in [-0.05, 0) is 6.42 Å². The molecule has 1 spiro atoms. The molecule has 0 bridgehead atoms. The Morgan fingerprint density at radius 2 is 1.87 bits per heavy atom. The lowest BCUT2D eigenvalue weighted by Crippen LogP contribution is -2.36. The molecule has 0 aromatic carbocycles. The molecule has 3 nitrogen and oxygen atoms in total. The summed E-state index contributed by atoms with van der Waals surface area (Å²) in [4.78, 5) is 11.3. The van der Waals surface area contributed by atoms with E-state index in [1.807, 2.05) is 0 Å². The second-order valence-corrected chi connectivity index (χ2v) is 3.99. The lowest BCUT2D eigenvalue weighted by Gasteiger charge is -2.31. The maximum absolute atomic E-state index is 11.3. The number of Topliss-reactive ketones (excluding diaryl/α,β-unsaturated/α-hetero) is 1. The molecule has 2 aliphatic rings. The van der Waals surface area contributed by atoms with Crippen LogP contribution in [0.5, 0.6) is 0 Å². The molecule has 1 unspecified atom stereocenters. The van der Waals surface area contributed by atoms with Crippen LogP contribution in [0.1, 0.15) is 32.6 Å². The summed E-state index contributed by atoms with van der Waals surface area (Å²) < 4.78 is 11.3. The normalized spacial score (nSPS) is 29.4. The monoisotopic (exact) mass is 212 g/mol. The molecule has 1 saturated heterocycles. The fraction of sp³-hybridized carbons (Fsp3) is 0.750. The van der Waals surface area contributed by atoms with Crippen LogP contribution in [0.25, 0.3) is 0 Å². The van der Waals surface area contributed by atoms with Crippen LogP contribution in [0.2, 0.25) is 0 Å². The highest BCUT2D eigenvalue weighted by molar-refractivity contribution is 5.78. The van der Waals surface area contributed by atoms with Crippen molar-refractivity contribution < 1.29 is 14.3 Å². The molecule has 2 fully saturated rings. The van der Waals surface area contributed by atoms with Gasteiger partial charge in [0.2, 0.25) is 0 Å². The number of carbonyl (C=O) groups excluding carboxylic acids is 1. The van der Waals surface area contributed by atoms with Crippen molar-refractivity contribution in [1.82, 2.24) is 0 Å². The van der Waals surface area contributed by atoms with Gasteiger partial charge in [-0.3, -0.25) is 4.79 Å². The van der Waals surface area contributed by atoms with Crippen LogP contribution in [0.15, 0.2) is 13.2 Å². The topological polar surface area (TPSA) is 35.5 Å². The average molecular weight is 212 g/mol. The summed E-state index contributed by atoms with van der Waals surface area (Å²) in [6, 6.07) is 0. The third-order valence-corrected chi connectivity index (χ3v) is 3.14. The van der Waals surface area contributed by atoms with Gasteiger partial charge in [-0.15, -0.1) is 13.2 Å². The molecule has 0 radical (unpaired) electrons. The molecular formula is C12H20O3. The fourth-order valence-corrected chi connectivity index (χ4v) is 2.18. The molecule has 0 aromatic heterocycles. The standard InChI is InChI=1S/C10H16O3.C2H4/c1-8-2-3-9(11)4-5-10(8)12-6-7-13-10;1-2/h8H,2-7H2,1H3;1-2H2. The summed E-state index contributed by atoms with van der Waals surface area (Å²) in [6.07, 6.45) is 2.95. The summed E-state index contributed by atoms with van der Waals surface area (Å²) in [7, 11) is 0. The average Bonchev–Trinajstić information content (AvgIpc) is 2.70. The van der Waals surface area contributed by atoms with E-state index in [9.17, 15) is 4.79 Å². The Kier molecular flexibility index (Phi) is 4.48. The van der Waals surface area contributed by atoms with Crippen LogP contribution in [0.4, 0.5) is 0 Å². The second kappa shape index (κ2) is 5.42. The minimum absolute atomic E-state index is 0.349. The van der Waals surface area contributed by atoms with Crippen LogP contribution in [-0.4, -0.2) is 24.8 Å². The van der Waals surface area contributed by atoms with Crippen LogP contribution in [0.3, 0.4) is 0 Å². The van der Waals surface area contributed by atoms with Gasteiger partial charge in [0.1, 0.15) is 5.78 Å². The van der Waals surface area contributed by atoms with Gasteiger partial charge in [0, 0.05) is 25.2 Å². The highest BCUT2D eigenvalue weighted by Gasteiger charge is 2.43. The van der Waals surface area contributed by atoms with E-state index in [1.54, 1.807) is 0 Å². The number of ether oxygens (including phenoxy) is 2. The van der Waals surface area contributed by atoms with E-state index in [2.05, 4.69) is 20.1 Å². The van der Waals surface area contributed by atoms with Gasteiger partial charge in [-0.1, -0.05) is 6.92 Å². The molecule has 86 valence electrons. The predicted octanol–water partition coefficient (Wildman–Crippen LogP) is 2.31. The van der Waals surface area contributed by atoms with Crippen LogP contribution in [-0.2, 0) is 14.3 Å². The zero-order valence-electron chi connectivity index (χ0n) is 9.46. The third-order valence-electron chi connectivity index (χ3n) is 3.14. The van der Waals surface area contributed by atoms with Crippen molar-refractivity contribution in [1.29, 1.82) is 0 Å². The van der Waals surface area contributed by atoms with Crippen molar-refractivity contribution in [2.45, 2.75) is 38.4 Å². The molecule has 1 aliphatic heterocycles. The third kappa shape index (κ3) is 2.67. The Bertz CT molecular complexity index is 219. The molecule has 3 heteroatoms. The fourth-order valence-electron chi connectivity index (χ4n) is 2.18. The molecule has 0 N–H and O–H groups in total. The lowest BCUT2D eigenvalue weighted by molar-refractivity contribution is -0.194. The molecule has 1 saturated carbocycles. The first-order chi connectivity index (χ1) is 7.23. The van der Waals surface area contributed by atoms with Crippen molar-refractivity contribution in [2.75, 3.05) is 13.2 Å². The summed E-state index contributed by atoms with van der Waals surface area (Å²) in [5.74, 6) is 0.274. The first-order valence-corrected chi connectivity index (χ1v) is 5.52. The van der Waals surface area contributed by atoms with Crippen molar-refractivity contribution in [2.24, 2.45) is 5.92 Å². The zero-order chi connectivity index (χ0) is 11.3. The van der Waals surface area contributed by atoms with E-state index >= 15 is 0 Å². The van der Waals surface area contributed by atoms with Gasteiger partial charge in [0.25, 0.3) is 0 Å². The largest absolute Gasteiger partial charge is 0.347 e. The molecule has 2 rings (SSSR count). The van der Waals surface area contributed by atoms with E-state index in [4.69, 9.17) is 9.47 Å². The maximum atomic E-state index is 11.3. The summed E-state index contributed by atoms with van der Waals surface area (Å²) in [5.41, 5.74) is 0. The highest BCUT2D eigenvalue weighted by atomic mass is 16.7. The van der Waals surface area contributed by atoms with Crippen molar-refractivity contribution in [3.05, 3.63) is 13.2 Å². The number of hydrogen-bond acceptors (Lipinski definition) is 3. The minimum Gasteiger partial charge on any atom is -0.347 e. The van der Waals surface area contributed by atoms with Crippen molar-refractivity contribution >= 4 is 5.78 Å². The Balaban J connectivity index is 0.000000531. The molecule has 0 amide bonds. The molecule has 1 aliphatic carbocycles. The van der Waals surface area contributed by atoms with E-state index in [-0.39, 0.29) is 0 Å². The van der Waals surface area contributed by atoms with E-state index in [0.717, 1.165) is 12.8 Å². The summed E-state index contributed by atoms with van der Waals surface area (Å²) >= 11 is 0. The van der Waals surface area contributed by atoms with Crippen LogP contribution in [0, 0.1) is 5.92 Å². The minimum atomic E-state index is -0.424. The van der Waals surface area contributed by atoms with Gasteiger partial charge in [0.05, 0.1) is 13.2 Å². The number of carbonyl (C=O) groups is 1. The van der Waals surface area contributed by atoms with Crippen LogP contribution < -0.4 is 0 Å². The Labute approximate surface area is 91.4 Å². The Morgan fingerprint density at radius 3 is 2.47 bits per heavy atom. The van der Waals surface area contributed by atoms with E-state index in [0.29, 0.717) is 37.8 Å². The highest BCUT2D eigenvalue weighted by Crippen LogP contribution is 2.37. The number of ketones is 1. The zero-order valence-corrected chi connectivity index (χ0v) is 9.46. The Morgan fingerprint density at radius 1 is 1.27 bits per heavy atom. The van der Waals surface area contributed by atoms with Gasteiger partial charge < -0.3 is 9.47 Å². The Hall–Kier alpha value is -0.670. The molecule has 0 aromatic rings. The van der Waals surface area contributed by atoms with Crippen molar-refractivity contribution in [3.63, 3.8) is 0 Å². The molecular weight excluding hydrogens is 192 g/mol. The lowest BCUT2D eigenvalue weighted by atomic mass is 9.95. The summed E-state index contributed by atoms with van der Waals surface area (Å²) in [5, 5.41) is 0. The van der Waals surface area contributed by atoms with Gasteiger partial charge in [-0.2, -0.15) is 0 Å².